The molecule has 1 aromatic carbocycles. The largest absolute Gasteiger partial charge is 0.481 e. The average Bonchev–Trinajstić information content (AvgIpc) is 4.00. The molecule has 3 fully saturated rings. The number of ether oxygens (including phenoxy) is 1. The third-order valence-corrected chi connectivity index (χ3v) is 13.6. The van der Waals surface area contributed by atoms with Crippen LogP contribution < -0.4 is 59.7 Å². The second kappa shape index (κ2) is 30.5. The van der Waals surface area contributed by atoms with Gasteiger partial charge in [0.2, 0.25) is 65.0 Å². The summed E-state index contributed by atoms with van der Waals surface area (Å²) in [6, 6.07) is -6.15. The third-order valence-electron chi connectivity index (χ3n) is 13.6. The van der Waals surface area contributed by atoms with Crippen LogP contribution in [0.4, 0.5) is 0 Å². The number of aliphatic hydroxyl groups is 3. The fourth-order valence-electron chi connectivity index (χ4n) is 9.32. The Kier molecular flexibility index (Phi) is 24.7. The molecule has 4 rings (SSSR count). The number of nitrogens with one attached hydrogen (secondary N) is 8. The number of nitrogens with two attached hydrogens (primary N) is 3. The van der Waals surface area contributed by atoms with E-state index in [1.807, 2.05) is 0 Å². The SMILES string of the molecule is C=C1NC(CC(N)=O)C(=O)N2CC(O)CC2C(=O)NCC(=O)NC(CC(=O)NC(Cc2ccccc2)C(N)=O)C(=O)NC(CCC(=O)O)C(=O)NC(CCCCN)C(=O)NC(C(C)O)C(=O)N2CC(O)CC2C(=O)NC1C(C)OC. The van der Waals surface area contributed by atoms with E-state index in [2.05, 4.69) is 49.1 Å². The molecule has 3 aliphatic heterocycles. The van der Waals surface area contributed by atoms with Crippen LogP contribution in [0.15, 0.2) is 42.6 Å². The fourth-order valence-corrected chi connectivity index (χ4v) is 9.32. The number of fused-ring (bicyclic) bond motifs is 2. The van der Waals surface area contributed by atoms with Crippen LogP contribution in [-0.2, 0) is 68.7 Å². The highest BCUT2D eigenvalue weighted by atomic mass is 16.5. The van der Waals surface area contributed by atoms with Gasteiger partial charge < -0.3 is 94.7 Å². The smallest absolute Gasteiger partial charge is 0.303 e. The first-order chi connectivity index (χ1) is 37.7. The lowest BCUT2D eigenvalue weighted by atomic mass is 10.0. The molecule has 0 aromatic heterocycles. The topological polar surface area (TPSA) is 476 Å². The van der Waals surface area contributed by atoms with Crippen LogP contribution in [0.5, 0.6) is 0 Å². The van der Waals surface area contributed by atoms with Gasteiger partial charge in [0.1, 0.15) is 48.3 Å². The zero-order valence-corrected chi connectivity index (χ0v) is 44.7. The number of benzene rings is 1. The molecule has 30 nitrogen and oxygen atoms in total. The van der Waals surface area contributed by atoms with Crippen molar-refractivity contribution in [3.05, 3.63) is 48.2 Å². The van der Waals surface area contributed by atoms with Crippen molar-refractivity contribution in [1.82, 2.24) is 52.3 Å². The maximum absolute atomic E-state index is 14.4. The Bertz CT molecular complexity index is 2450. The van der Waals surface area contributed by atoms with Crippen molar-refractivity contribution in [3.63, 3.8) is 0 Å². The standard InChI is InChI=1S/C50H75N13O17/c1-24-41(26(3)80-4)60-48(77)36-18-29(66)23-63(36)50(79)42(25(2)64)61-45(74)30(12-8-9-15-51)58-44(73)31(13-14-40(70)71)59-46(75)33(20-38(68)56-32(43(53)72)16-27-10-6-5-7-11-27)57-39(69)21-54-47(76)35-17-28(65)22-62(35)49(78)34(55-24)19-37(52)67/h5-7,10-11,25-26,28-36,41-42,55,64-66H,1,8-9,12-23,51H2,2-4H3,(H2,52,67)(H2,53,72)(H,54,76)(H,56,68)(H,57,69)(H,58,73)(H,59,75)(H,60,77)(H,61,74)(H,70,71). The molecule has 3 saturated heterocycles. The summed E-state index contributed by atoms with van der Waals surface area (Å²) in [5.74, 6) is -13.1. The van der Waals surface area contributed by atoms with Gasteiger partial charge in [-0.3, -0.25) is 57.5 Å². The second-order valence-corrected chi connectivity index (χ2v) is 19.9. The maximum Gasteiger partial charge on any atom is 0.303 e. The van der Waals surface area contributed by atoms with Crippen molar-refractivity contribution in [2.75, 3.05) is 33.3 Å². The van der Waals surface area contributed by atoms with Gasteiger partial charge in [-0.05, 0) is 51.6 Å². The van der Waals surface area contributed by atoms with Crippen LogP contribution in [-0.4, -0.2) is 213 Å². The quantitative estimate of drug-likeness (QED) is 0.0607. The summed E-state index contributed by atoms with van der Waals surface area (Å²) in [7, 11) is 1.27. The Hall–Kier alpha value is -7.80. The average molecular weight is 1130 g/mol. The van der Waals surface area contributed by atoms with Crippen LogP contribution in [0.25, 0.3) is 0 Å². The van der Waals surface area contributed by atoms with Crippen molar-refractivity contribution < 1.29 is 82.7 Å². The molecule has 13 atom stereocenters. The van der Waals surface area contributed by atoms with Gasteiger partial charge in [-0.25, -0.2) is 0 Å². The fraction of sp³-hybridized carbons (Fsp3) is 0.600. The molecular formula is C50H75N13O17. The first kappa shape index (κ1) is 64.7. The lowest BCUT2D eigenvalue weighted by Gasteiger charge is -2.34. The van der Waals surface area contributed by atoms with E-state index in [1.165, 1.54) is 14.0 Å². The van der Waals surface area contributed by atoms with Gasteiger partial charge in [-0.15, -0.1) is 0 Å². The van der Waals surface area contributed by atoms with E-state index in [0.717, 1.165) is 16.7 Å². The molecule has 0 saturated carbocycles. The minimum absolute atomic E-state index is 0.101. The molecule has 442 valence electrons. The number of carboxylic acids is 1. The molecule has 3 aliphatic rings. The summed E-state index contributed by atoms with van der Waals surface area (Å²) < 4.78 is 5.50. The van der Waals surface area contributed by atoms with E-state index in [9.17, 15) is 78.0 Å². The third kappa shape index (κ3) is 18.9. The molecule has 80 heavy (non-hydrogen) atoms. The summed E-state index contributed by atoms with van der Waals surface area (Å²) in [5, 5.41) is 61.9. The molecule has 11 amide bonds. The van der Waals surface area contributed by atoms with Gasteiger partial charge in [-0.2, -0.15) is 0 Å². The van der Waals surface area contributed by atoms with E-state index >= 15 is 0 Å². The van der Waals surface area contributed by atoms with Crippen molar-refractivity contribution in [3.8, 4) is 0 Å². The van der Waals surface area contributed by atoms with Gasteiger partial charge in [0.05, 0.1) is 49.8 Å². The normalized spacial score (nSPS) is 27.3. The number of primary amides is 2. The Morgan fingerprint density at radius 2 is 1.29 bits per heavy atom. The Morgan fingerprint density at radius 1 is 0.725 bits per heavy atom. The summed E-state index contributed by atoms with van der Waals surface area (Å²) in [5.41, 5.74) is 17.3. The molecule has 1 aromatic rings. The number of unbranched alkanes of at least 4 members (excludes halogenated alkanes) is 1. The molecule has 0 aliphatic carbocycles. The lowest BCUT2D eigenvalue weighted by Crippen LogP contribution is -2.61. The zero-order chi connectivity index (χ0) is 59.5. The molecule has 30 heteroatoms. The maximum atomic E-state index is 14.4. The highest BCUT2D eigenvalue weighted by Gasteiger charge is 2.46. The second-order valence-electron chi connectivity index (χ2n) is 19.9. The summed E-state index contributed by atoms with van der Waals surface area (Å²) in [4.78, 5) is 166. The molecular weight excluding hydrogens is 1050 g/mol. The number of carboxylic acid groups (broad SMARTS) is 1. The van der Waals surface area contributed by atoms with Gasteiger partial charge >= 0.3 is 5.97 Å². The minimum atomic E-state index is -1.96. The molecule has 0 radical (unpaired) electrons. The van der Waals surface area contributed by atoms with Crippen molar-refractivity contribution in [2.45, 2.75) is 157 Å². The van der Waals surface area contributed by atoms with E-state index in [4.69, 9.17) is 21.9 Å². The lowest BCUT2D eigenvalue weighted by molar-refractivity contribution is -0.144. The number of nitrogens with zero attached hydrogens (tertiary/aromatic N) is 2. The number of carbonyl (C=O) groups is 12. The van der Waals surface area contributed by atoms with Crippen LogP contribution in [0, 0.1) is 0 Å². The highest BCUT2D eigenvalue weighted by Crippen LogP contribution is 2.24. The Morgan fingerprint density at radius 3 is 1.85 bits per heavy atom. The number of hydrogen-bond donors (Lipinski definition) is 15. The first-order valence-electron chi connectivity index (χ1n) is 26.0. The van der Waals surface area contributed by atoms with Gasteiger partial charge in [0.25, 0.3) is 0 Å². The monoisotopic (exact) mass is 1130 g/mol. The van der Waals surface area contributed by atoms with Crippen molar-refractivity contribution in [1.29, 1.82) is 0 Å². The van der Waals surface area contributed by atoms with E-state index < -0.39 is 195 Å². The predicted octanol–water partition coefficient (Wildman–Crippen LogP) is -7.18. The number of methoxy groups -OCH3 is 1. The van der Waals surface area contributed by atoms with Gasteiger partial charge in [0, 0.05) is 51.6 Å². The molecule has 18 N–H and O–H groups in total. The summed E-state index contributed by atoms with van der Waals surface area (Å²) in [6.45, 7) is 4.83. The zero-order valence-electron chi connectivity index (χ0n) is 44.7. The number of aliphatic hydroxyl groups excluding tert-OH is 3. The van der Waals surface area contributed by atoms with Crippen LogP contribution in [0.1, 0.15) is 77.2 Å². The van der Waals surface area contributed by atoms with E-state index in [0.29, 0.717) is 12.0 Å². The van der Waals surface area contributed by atoms with Gasteiger partial charge in [0.15, 0.2) is 0 Å². The van der Waals surface area contributed by atoms with Crippen LogP contribution >= 0.6 is 0 Å². The number of aliphatic carboxylic acids is 1. The number of hydrogen-bond acceptors (Lipinski definition) is 18. The Balaban J connectivity index is 1.82. The van der Waals surface area contributed by atoms with E-state index in [1.54, 1.807) is 30.3 Å². The number of amides is 11. The van der Waals surface area contributed by atoms with Gasteiger partial charge in [-0.1, -0.05) is 36.9 Å². The number of rotatable bonds is 18. The van der Waals surface area contributed by atoms with Crippen LogP contribution in [0.3, 0.4) is 0 Å². The van der Waals surface area contributed by atoms with Crippen molar-refractivity contribution >= 4 is 70.9 Å². The Labute approximate surface area is 460 Å². The molecule has 3 heterocycles. The minimum Gasteiger partial charge on any atom is -0.481 e. The number of carbonyl (C=O) groups excluding carboxylic acids is 11. The van der Waals surface area contributed by atoms with Crippen molar-refractivity contribution in [2.24, 2.45) is 17.2 Å². The highest BCUT2D eigenvalue weighted by molar-refractivity contribution is 5.99. The predicted molar refractivity (Wildman–Crippen MR) is 279 cm³/mol. The summed E-state index contributed by atoms with van der Waals surface area (Å²) >= 11 is 0. The van der Waals surface area contributed by atoms with E-state index in [-0.39, 0.29) is 44.3 Å². The molecule has 13 unspecified atom stereocenters. The molecule has 0 spiro atoms. The van der Waals surface area contributed by atoms with Crippen LogP contribution in [0.2, 0.25) is 0 Å². The first-order valence-corrected chi connectivity index (χ1v) is 26.0. The molecule has 0 bridgehead atoms. The summed E-state index contributed by atoms with van der Waals surface area (Å²) in [6.07, 6.45) is -8.97.